The summed E-state index contributed by atoms with van der Waals surface area (Å²) < 4.78 is 5.86. The van der Waals surface area contributed by atoms with Crippen molar-refractivity contribution in [2.45, 2.75) is 43.4 Å². The molecule has 0 spiro atoms. The second kappa shape index (κ2) is 11.5. The van der Waals surface area contributed by atoms with Gasteiger partial charge in [0.2, 0.25) is 11.0 Å². The minimum absolute atomic E-state index is 0.00514. The van der Waals surface area contributed by atoms with Gasteiger partial charge in [-0.1, -0.05) is 41.3 Å². The zero-order chi connectivity index (χ0) is 28.4. The van der Waals surface area contributed by atoms with E-state index in [9.17, 15) is 14.9 Å². The number of nitriles is 1. The van der Waals surface area contributed by atoms with Crippen molar-refractivity contribution in [2.24, 2.45) is 5.73 Å². The van der Waals surface area contributed by atoms with Gasteiger partial charge in [0.15, 0.2) is 10.1 Å². The summed E-state index contributed by atoms with van der Waals surface area (Å²) in [7, 11) is 1.59. The normalized spacial score (nSPS) is 17.0. The van der Waals surface area contributed by atoms with E-state index in [2.05, 4.69) is 21.6 Å². The van der Waals surface area contributed by atoms with Crippen LogP contribution in [0.4, 0.5) is 10.8 Å². The number of aromatic nitrogens is 2. The first-order chi connectivity index (χ1) is 19.3. The van der Waals surface area contributed by atoms with Crippen molar-refractivity contribution in [1.82, 2.24) is 10.2 Å². The number of carbonyl (C=O) groups is 2. The lowest BCUT2D eigenvalue weighted by atomic mass is 9.76. The van der Waals surface area contributed by atoms with Crippen molar-refractivity contribution in [1.29, 1.82) is 5.26 Å². The average Bonchev–Trinajstić information content (AvgIpc) is 3.42. The van der Waals surface area contributed by atoms with E-state index in [0.29, 0.717) is 40.1 Å². The SMILES string of the molecule is COc1ccc(C2C(C#N)=C(N)N(c3nnc(SCC(=O)Nc4ccc(C)c(C)c4)s3)C3=C2C(=O)CCC3)cc1. The van der Waals surface area contributed by atoms with Gasteiger partial charge in [-0.15, -0.1) is 10.2 Å². The third kappa shape index (κ3) is 5.33. The smallest absolute Gasteiger partial charge is 0.234 e. The predicted octanol–water partition coefficient (Wildman–Crippen LogP) is 5.20. The Labute approximate surface area is 240 Å². The Hall–Kier alpha value is -4.14. The Morgan fingerprint density at radius 1 is 1.20 bits per heavy atom. The largest absolute Gasteiger partial charge is 0.497 e. The number of allylic oxidation sites excluding steroid dienone is 3. The number of hydrogen-bond acceptors (Lipinski definition) is 10. The lowest BCUT2D eigenvalue weighted by Gasteiger charge is -2.38. The molecule has 3 aromatic rings. The number of rotatable bonds is 7. The molecule has 0 saturated heterocycles. The van der Waals surface area contributed by atoms with Gasteiger partial charge in [0, 0.05) is 23.4 Å². The van der Waals surface area contributed by atoms with Gasteiger partial charge in [-0.2, -0.15) is 5.26 Å². The molecule has 1 aliphatic heterocycles. The number of thioether (sulfide) groups is 1. The number of benzene rings is 2. The summed E-state index contributed by atoms with van der Waals surface area (Å²) in [4.78, 5) is 27.5. The fourth-order valence-corrected chi connectivity index (χ4v) is 6.61. The standard InChI is InChI=1S/C29H28N6O3S2/c1-16-7-10-19(13-17(16)2)32-24(37)15-39-29-34-33-28(40-29)35-22-5-4-6-23(36)26(22)25(21(14-30)27(35)31)18-8-11-20(38-3)12-9-18/h7-13,25H,4-6,15,31H2,1-3H3,(H,32,37). The van der Waals surface area contributed by atoms with E-state index >= 15 is 0 Å². The number of aryl methyl sites for hydroxylation is 2. The first-order valence-electron chi connectivity index (χ1n) is 12.7. The van der Waals surface area contributed by atoms with Gasteiger partial charge in [-0.05, 0) is 67.6 Å². The number of amides is 1. The van der Waals surface area contributed by atoms with Gasteiger partial charge >= 0.3 is 0 Å². The van der Waals surface area contributed by atoms with Crippen molar-refractivity contribution >= 4 is 45.6 Å². The van der Waals surface area contributed by atoms with Crippen LogP contribution in [0.15, 0.2) is 69.5 Å². The highest BCUT2D eigenvalue weighted by atomic mass is 32.2. The Morgan fingerprint density at radius 3 is 2.67 bits per heavy atom. The molecule has 9 nitrogen and oxygen atoms in total. The molecule has 0 bridgehead atoms. The molecule has 0 saturated carbocycles. The predicted molar refractivity (Wildman–Crippen MR) is 156 cm³/mol. The highest BCUT2D eigenvalue weighted by Gasteiger charge is 2.41. The van der Waals surface area contributed by atoms with Crippen LogP contribution in [0.3, 0.4) is 0 Å². The summed E-state index contributed by atoms with van der Waals surface area (Å²) in [6.07, 6.45) is 1.70. The first kappa shape index (κ1) is 27.4. The van der Waals surface area contributed by atoms with E-state index < -0.39 is 5.92 Å². The molecule has 3 N–H and O–H groups in total. The monoisotopic (exact) mass is 572 g/mol. The van der Waals surface area contributed by atoms with Gasteiger partial charge in [0.25, 0.3) is 0 Å². The number of hydrogen-bond donors (Lipinski definition) is 2. The molecule has 2 aromatic carbocycles. The van der Waals surface area contributed by atoms with E-state index in [1.807, 2.05) is 56.3 Å². The number of ether oxygens (including phenoxy) is 1. The van der Waals surface area contributed by atoms with Gasteiger partial charge < -0.3 is 15.8 Å². The van der Waals surface area contributed by atoms with Crippen LogP contribution in [0.25, 0.3) is 0 Å². The summed E-state index contributed by atoms with van der Waals surface area (Å²) in [6, 6.07) is 15.4. The highest BCUT2D eigenvalue weighted by Crippen LogP contribution is 2.47. The molecule has 204 valence electrons. The molecule has 1 atom stereocenters. The number of Topliss-reactive ketones (excluding diaryl/α,β-unsaturated/α-hetero) is 1. The van der Waals surface area contributed by atoms with Crippen LogP contribution < -0.4 is 20.7 Å². The third-order valence-electron chi connectivity index (χ3n) is 7.07. The van der Waals surface area contributed by atoms with E-state index in [0.717, 1.165) is 28.1 Å². The lowest BCUT2D eigenvalue weighted by Crippen LogP contribution is -2.38. The van der Waals surface area contributed by atoms with Crippen LogP contribution in [0, 0.1) is 25.2 Å². The first-order valence-corrected chi connectivity index (χ1v) is 14.5. The molecule has 40 heavy (non-hydrogen) atoms. The summed E-state index contributed by atoms with van der Waals surface area (Å²) in [5.41, 5.74) is 12.0. The summed E-state index contributed by atoms with van der Waals surface area (Å²) in [6.45, 7) is 4.02. The Balaban J connectivity index is 1.40. The van der Waals surface area contributed by atoms with E-state index in [1.165, 1.54) is 23.1 Å². The number of anilines is 2. The quantitative estimate of drug-likeness (QED) is 0.366. The van der Waals surface area contributed by atoms with Gasteiger partial charge in [-0.25, -0.2) is 0 Å². The topological polar surface area (TPSA) is 134 Å². The van der Waals surface area contributed by atoms with Crippen molar-refractivity contribution in [2.75, 3.05) is 23.1 Å². The molecule has 1 aliphatic carbocycles. The molecule has 5 rings (SSSR count). The van der Waals surface area contributed by atoms with Gasteiger partial charge in [-0.3, -0.25) is 14.5 Å². The van der Waals surface area contributed by atoms with Crippen LogP contribution in [0.1, 0.15) is 41.9 Å². The molecule has 1 unspecified atom stereocenters. The summed E-state index contributed by atoms with van der Waals surface area (Å²) in [5.74, 6) is 0.349. The maximum absolute atomic E-state index is 13.3. The van der Waals surface area contributed by atoms with Crippen LogP contribution in [-0.2, 0) is 9.59 Å². The van der Waals surface area contributed by atoms with Crippen LogP contribution in [-0.4, -0.2) is 34.8 Å². The molecule has 2 aliphatic rings. The fourth-order valence-electron chi connectivity index (χ4n) is 4.93. The molecule has 11 heteroatoms. The van der Waals surface area contributed by atoms with Crippen molar-refractivity contribution in [3.63, 3.8) is 0 Å². The second-order valence-electron chi connectivity index (χ2n) is 9.58. The summed E-state index contributed by atoms with van der Waals surface area (Å²) >= 11 is 2.54. The number of methoxy groups -OCH3 is 1. The minimum Gasteiger partial charge on any atom is -0.497 e. The van der Waals surface area contributed by atoms with Crippen molar-refractivity contribution in [3.05, 3.63) is 81.8 Å². The molecule has 0 fully saturated rings. The van der Waals surface area contributed by atoms with Gasteiger partial charge in [0.05, 0.1) is 30.4 Å². The second-order valence-corrected chi connectivity index (χ2v) is 11.8. The molecule has 1 amide bonds. The number of carbonyl (C=O) groups excluding carboxylic acids is 2. The van der Waals surface area contributed by atoms with Crippen LogP contribution in [0.5, 0.6) is 5.75 Å². The van der Waals surface area contributed by atoms with Gasteiger partial charge in [0.1, 0.15) is 11.6 Å². The third-order valence-corrected chi connectivity index (χ3v) is 9.11. The zero-order valence-electron chi connectivity index (χ0n) is 22.4. The number of nitrogens with one attached hydrogen (secondary N) is 1. The molecule has 1 aromatic heterocycles. The Morgan fingerprint density at radius 2 is 1.98 bits per heavy atom. The summed E-state index contributed by atoms with van der Waals surface area (Å²) in [5, 5.41) is 22.1. The zero-order valence-corrected chi connectivity index (χ0v) is 24.0. The van der Waals surface area contributed by atoms with Crippen LogP contribution >= 0.6 is 23.1 Å². The fraction of sp³-hybridized carbons (Fsp3) is 0.276. The number of ketones is 1. The highest BCUT2D eigenvalue weighted by molar-refractivity contribution is 8.01. The van der Waals surface area contributed by atoms with E-state index in [1.54, 1.807) is 12.0 Å². The van der Waals surface area contributed by atoms with Crippen molar-refractivity contribution in [3.8, 4) is 11.8 Å². The molecule has 0 radical (unpaired) electrons. The molecular formula is C29H28N6O3S2. The maximum Gasteiger partial charge on any atom is 0.234 e. The number of nitrogens with two attached hydrogens (primary N) is 1. The van der Waals surface area contributed by atoms with E-state index in [4.69, 9.17) is 10.5 Å². The minimum atomic E-state index is -0.564. The molecular weight excluding hydrogens is 544 g/mol. The Kier molecular flexibility index (Phi) is 7.91. The number of nitrogens with zero attached hydrogens (tertiary/aromatic N) is 4. The average molecular weight is 573 g/mol. The molecule has 2 heterocycles. The maximum atomic E-state index is 13.3. The Bertz CT molecular complexity index is 1590. The lowest BCUT2D eigenvalue weighted by molar-refractivity contribution is -0.116. The van der Waals surface area contributed by atoms with Crippen LogP contribution in [0.2, 0.25) is 0 Å². The van der Waals surface area contributed by atoms with E-state index in [-0.39, 0.29) is 28.8 Å². The van der Waals surface area contributed by atoms with Crippen molar-refractivity contribution < 1.29 is 14.3 Å².